The summed E-state index contributed by atoms with van der Waals surface area (Å²) in [6.45, 7) is 0. The minimum absolute atomic E-state index is 0.384. The average Bonchev–Trinajstić information content (AvgIpc) is 3.00. The highest BCUT2D eigenvalue weighted by Crippen LogP contribution is 2.50. The van der Waals surface area contributed by atoms with E-state index in [1.807, 2.05) is 54.6 Å². The van der Waals surface area contributed by atoms with Crippen LogP contribution in [0.3, 0.4) is 0 Å². The third kappa shape index (κ3) is 5.27. The molecule has 0 unspecified atom stereocenters. The van der Waals surface area contributed by atoms with E-state index in [1.54, 1.807) is 18.5 Å². The molecule has 4 nitrogen and oxygen atoms in total. The summed E-state index contributed by atoms with van der Waals surface area (Å²) in [4.78, 5) is 16.5. The molecule has 1 aromatic heterocycles. The Morgan fingerprint density at radius 3 is 1.74 bits per heavy atom. The summed E-state index contributed by atoms with van der Waals surface area (Å²) in [6.07, 6.45) is 7.51. The van der Waals surface area contributed by atoms with Crippen molar-refractivity contribution in [3.05, 3.63) is 150 Å². The van der Waals surface area contributed by atoms with E-state index in [-0.39, 0.29) is 5.97 Å². The molecule has 0 fully saturated rings. The molecule has 0 bridgehead atoms. The molecule has 0 aliphatic carbocycles. The van der Waals surface area contributed by atoms with Crippen LogP contribution < -0.4 is 15.9 Å². The van der Waals surface area contributed by atoms with Crippen LogP contribution in [0.25, 0.3) is 12.2 Å². The minimum atomic E-state index is -2.48. The van der Waals surface area contributed by atoms with Gasteiger partial charge in [0.15, 0.2) is 0 Å². The van der Waals surface area contributed by atoms with Gasteiger partial charge in [0, 0.05) is 33.9 Å². The highest BCUT2D eigenvalue weighted by atomic mass is 31.2. The van der Waals surface area contributed by atoms with Gasteiger partial charge in [0.2, 0.25) is 0 Å². The summed E-state index contributed by atoms with van der Waals surface area (Å²) in [7, 11) is -1.09. The highest BCUT2D eigenvalue weighted by Gasteiger charge is 2.27. The first kappa shape index (κ1) is 25.1. The zero-order valence-electron chi connectivity index (χ0n) is 21.0. The van der Waals surface area contributed by atoms with Crippen molar-refractivity contribution in [2.45, 2.75) is 0 Å². The zero-order chi connectivity index (χ0) is 26.2. The number of rotatable bonds is 7. The van der Waals surface area contributed by atoms with Crippen LogP contribution in [0.15, 0.2) is 138 Å². The van der Waals surface area contributed by atoms with Crippen LogP contribution >= 0.6 is 7.05 Å². The lowest BCUT2D eigenvalue weighted by molar-refractivity contribution is 0.0600. The van der Waals surface area contributed by atoms with Crippen LogP contribution in [-0.2, 0) is 4.74 Å². The molecule has 0 N–H and O–H groups in total. The molecule has 0 saturated heterocycles. The third-order valence-corrected chi connectivity index (χ3v) is 9.91. The zero-order valence-corrected chi connectivity index (χ0v) is 21.9. The number of carbonyl (C=O) groups is 1. The smallest absolute Gasteiger partial charge is 0.337 e. The van der Waals surface area contributed by atoms with E-state index in [9.17, 15) is 4.79 Å². The predicted octanol–water partition coefficient (Wildman–Crippen LogP) is 6.85. The summed E-state index contributed by atoms with van der Waals surface area (Å²) in [5.41, 5.74) is 3.11. The minimum Gasteiger partial charge on any atom is -0.465 e. The molecule has 5 rings (SSSR count). The quantitative estimate of drug-likeness (QED) is 0.176. The molecule has 0 aliphatic heterocycles. The van der Waals surface area contributed by atoms with Crippen LogP contribution in [-0.4, -0.2) is 18.1 Å². The van der Waals surface area contributed by atoms with Crippen molar-refractivity contribution in [3.63, 3.8) is 0 Å². The molecule has 0 saturated carbocycles. The molecule has 1 heterocycles. The van der Waals surface area contributed by atoms with Crippen LogP contribution in [0.5, 0.6) is 0 Å². The van der Waals surface area contributed by atoms with E-state index in [2.05, 4.69) is 77.8 Å². The number of aromatic nitrogens is 1. The number of nitrogens with zero attached hydrogens (tertiary/aromatic N) is 2. The van der Waals surface area contributed by atoms with E-state index in [0.29, 0.717) is 5.56 Å². The average molecular weight is 515 g/mol. The summed E-state index contributed by atoms with van der Waals surface area (Å²) >= 11 is 0. The van der Waals surface area contributed by atoms with Gasteiger partial charge in [-0.3, -0.25) is 9.73 Å². The van der Waals surface area contributed by atoms with Gasteiger partial charge in [0.1, 0.15) is 0 Å². The van der Waals surface area contributed by atoms with Gasteiger partial charge in [-0.05, 0) is 35.9 Å². The Morgan fingerprint density at radius 2 is 1.24 bits per heavy atom. The first-order chi connectivity index (χ1) is 18.7. The fraction of sp³-hybridized carbons (Fsp3) is 0.0303. The molecule has 0 amide bonds. The molecule has 0 radical (unpaired) electrons. The number of benzene rings is 4. The Labute approximate surface area is 223 Å². The normalized spacial score (nSPS) is 11.3. The van der Waals surface area contributed by atoms with Gasteiger partial charge >= 0.3 is 5.97 Å². The van der Waals surface area contributed by atoms with Crippen LogP contribution in [0, 0.1) is 0 Å². The van der Waals surface area contributed by atoms with Gasteiger partial charge in [0.25, 0.3) is 0 Å². The van der Waals surface area contributed by atoms with Crippen LogP contribution in [0.2, 0.25) is 0 Å². The number of carbonyl (C=O) groups excluding carboxylic acids is 1. The van der Waals surface area contributed by atoms with Crippen molar-refractivity contribution in [2.75, 3.05) is 7.11 Å². The molecule has 5 heteroatoms. The fourth-order valence-corrected chi connectivity index (χ4v) is 7.95. The second-order valence-electron chi connectivity index (χ2n) is 8.62. The Bertz CT molecular complexity index is 1500. The monoisotopic (exact) mass is 514 g/mol. The molecule has 0 aliphatic rings. The SMILES string of the molecule is COC(=O)c1ccc(N=P(c2ccccc2)(c2ccccc2)c2ccccc2)c(C=Cc2ccncc2)c1. The van der Waals surface area contributed by atoms with E-state index < -0.39 is 7.05 Å². The van der Waals surface area contributed by atoms with Gasteiger partial charge in [-0.1, -0.05) is 103 Å². The summed E-state index contributed by atoms with van der Waals surface area (Å²) in [5, 5.41) is 3.45. The van der Waals surface area contributed by atoms with Crippen molar-refractivity contribution >= 4 is 46.8 Å². The standard InChI is InChI=1S/C33H27N2O2P/c1-37-33(36)28-19-20-32(27(25-28)18-17-26-21-23-34-24-22-26)35-38(29-11-5-2-6-12-29,30-13-7-3-8-14-30)31-15-9-4-10-16-31/h2-25H,1H3. The number of methoxy groups -OCH3 is 1. The number of esters is 1. The molecule has 186 valence electrons. The summed E-state index contributed by atoms with van der Waals surface area (Å²) < 4.78 is 10.6. The van der Waals surface area contributed by atoms with E-state index in [1.165, 1.54) is 7.11 Å². The molecule has 0 spiro atoms. The van der Waals surface area contributed by atoms with Gasteiger partial charge in [-0.25, -0.2) is 4.79 Å². The maximum absolute atomic E-state index is 12.4. The molecular weight excluding hydrogens is 487 g/mol. The Balaban J connectivity index is 1.83. The topological polar surface area (TPSA) is 51.5 Å². The highest BCUT2D eigenvalue weighted by molar-refractivity contribution is 7.87. The van der Waals surface area contributed by atoms with Gasteiger partial charge in [-0.2, -0.15) is 0 Å². The van der Waals surface area contributed by atoms with Crippen molar-refractivity contribution in [1.29, 1.82) is 0 Å². The van der Waals surface area contributed by atoms with Crippen molar-refractivity contribution < 1.29 is 9.53 Å². The Morgan fingerprint density at radius 1 is 0.711 bits per heavy atom. The lowest BCUT2D eigenvalue weighted by atomic mass is 10.1. The molecule has 5 aromatic rings. The largest absolute Gasteiger partial charge is 0.465 e. The second-order valence-corrected chi connectivity index (χ2v) is 11.6. The van der Waals surface area contributed by atoms with Gasteiger partial charge in [-0.15, -0.1) is 0 Å². The summed E-state index contributed by atoms with van der Waals surface area (Å²) in [5.74, 6) is -0.384. The first-order valence-corrected chi connectivity index (χ1v) is 14.0. The van der Waals surface area contributed by atoms with Crippen molar-refractivity contribution in [3.8, 4) is 0 Å². The first-order valence-electron chi connectivity index (χ1n) is 12.3. The van der Waals surface area contributed by atoms with E-state index >= 15 is 0 Å². The Kier molecular flexibility index (Phi) is 7.73. The second kappa shape index (κ2) is 11.7. The third-order valence-electron chi connectivity index (χ3n) is 6.26. The number of pyridine rings is 1. The number of hydrogen-bond acceptors (Lipinski definition) is 4. The van der Waals surface area contributed by atoms with E-state index in [4.69, 9.17) is 9.48 Å². The number of ether oxygens (including phenoxy) is 1. The molecule has 0 atom stereocenters. The molecule has 4 aromatic carbocycles. The summed E-state index contributed by atoms with van der Waals surface area (Å²) in [6, 6.07) is 40.9. The molecular formula is C33H27N2O2P. The van der Waals surface area contributed by atoms with Gasteiger partial charge < -0.3 is 4.74 Å². The maximum atomic E-state index is 12.4. The lowest BCUT2D eigenvalue weighted by Gasteiger charge is -2.27. The molecule has 38 heavy (non-hydrogen) atoms. The fourth-order valence-electron chi connectivity index (χ4n) is 4.40. The van der Waals surface area contributed by atoms with E-state index in [0.717, 1.165) is 32.7 Å². The van der Waals surface area contributed by atoms with Crippen molar-refractivity contribution in [1.82, 2.24) is 4.98 Å². The van der Waals surface area contributed by atoms with Crippen LogP contribution in [0.1, 0.15) is 21.5 Å². The van der Waals surface area contributed by atoms with Gasteiger partial charge in [0.05, 0.1) is 25.4 Å². The number of hydrogen-bond donors (Lipinski definition) is 0. The Hall–Kier alpha value is -4.53. The predicted molar refractivity (Wildman–Crippen MR) is 158 cm³/mol. The van der Waals surface area contributed by atoms with Crippen molar-refractivity contribution in [2.24, 2.45) is 4.74 Å². The maximum Gasteiger partial charge on any atom is 0.337 e. The lowest BCUT2D eigenvalue weighted by Crippen LogP contribution is -2.25. The van der Waals surface area contributed by atoms with Crippen LogP contribution in [0.4, 0.5) is 5.69 Å².